The van der Waals surface area contributed by atoms with Crippen molar-refractivity contribution in [2.24, 2.45) is 0 Å². The summed E-state index contributed by atoms with van der Waals surface area (Å²) in [5.74, 6) is 0.480. The molecule has 0 heterocycles. The maximum Gasteiger partial charge on any atom is 0.436 e. The number of benzene rings is 1. The SMILES string of the molecule is CC(C)(C)c1cccc(C(C)(C)C)c1OP(O)F. The minimum Gasteiger partial charge on any atom is -0.423 e. The standard InChI is InChI=1S/C14H22FO2P/c1-13(2,3)10-8-7-9-11(14(4,5)6)12(10)17-18(15)16/h7-9,16H,1-6H3. The second kappa shape index (κ2) is 5.14. The van der Waals surface area contributed by atoms with Crippen molar-refractivity contribution in [2.75, 3.05) is 0 Å². The minimum atomic E-state index is -2.90. The van der Waals surface area contributed by atoms with E-state index >= 15 is 0 Å². The Morgan fingerprint density at radius 1 is 1.00 bits per heavy atom. The maximum absolute atomic E-state index is 12.9. The first-order valence-electron chi connectivity index (χ1n) is 6.00. The lowest BCUT2D eigenvalue weighted by Crippen LogP contribution is -2.18. The highest BCUT2D eigenvalue weighted by molar-refractivity contribution is 7.40. The summed E-state index contributed by atoms with van der Waals surface area (Å²) in [6.45, 7) is 12.2. The fourth-order valence-electron chi connectivity index (χ4n) is 1.89. The molecule has 4 heteroatoms. The molecule has 2 nitrogen and oxygen atoms in total. The van der Waals surface area contributed by atoms with E-state index in [0.717, 1.165) is 11.1 Å². The van der Waals surface area contributed by atoms with Crippen molar-refractivity contribution < 1.29 is 13.6 Å². The molecule has 0 radical (unpaired) electrons. The van der Waals surface area contributed by atoms with Gasteiger partial charge in [-0.2, -0.15) is 0 Å². The van der Waals surface area contributed by atoms with Crippen LogP contribution < -0.4 is 4.52 Å². The van der Waals surface area contributed by atoms with Gasteiger partial charge in [-0.1, -0.05) is 59.7 Å². The van der Waals surface area contributed by atoms with Crippen LogP contribution in [0.5, 0.6) is 5.75 Å². The highest BCUT2D eigenvalue weighted by atomic mass is 31.2. The lowest BCUT2D eigenvalue weighted by Gasteiger charge is -2.29. The van der Waals surface area contributed by atoms with Gasteiger partial charge in [0.1, 0.15) is 5.75 Å². The highest BCUT2D eigenvalue weighted by Gasteiger charge is 2.28. The summed E-state index contributed by atoms with van der Waals surface area (Å²) in [4.78, 5) is 8.96. The summed E-state index contributed by atoms with van der Waals surface area (Å²) in [5.41, 5.74) is 1.49. The second-order valence-electron chi connectivity index (χ2n) is 6.50. The third kappa shape index (κ3) is 3.66. The van der Waals surface area contributed by atoms with Crippen molar-refractivity contribution in [3.05, 3.63) is 29.3 Å². The molecule has 0 aliphatic carbocycles. The van der Waals surface area contributed by atoms with Gasteiger partial charge in [0.05, 0.1) is 0 Å². The van der Waals surface area contributed by atoms with Crippen LogP contribution in [0.25, 0.3) is 0 Å². The van der Waals surface area contributed by atoms with Gasteiger partial charge in [-0.25, -0.2) is 0 Å². The Hall–Kier alpha value is -0.660. The molecule has 0 spiro atoms. The third-order valence-electron chi connectivity index (χ3n) is 2.80. The molecule has 18 heavy (non-hydrogen) atoms. The van der Waals surface area contributed by atoms with Crippen LogP contribution in [-0.4, -0.2) is 4.89 Å². The van der Waals surface area contributed by atoms with Crippen LogP contribution in [0.2, 0.25) is 0 Å². The molecule has 0 fully saturated rings. The predicted molar refractivity (Wildman–Crippen MR) is 74.7 cm³/mol. The van der Waals surface area contributed by atoms with Crippen LogP contribution in [0.3, 0.4) is 0 Å². The predicted octanol–water partition coefficient (Wildman–Crippen LogP) is 4.85. The van der Waals surface area contributed by atoms with Crippen molar-refractivity contribution in [2.45, 2.75) is 52.4 Å². The topological polar surface area (TPSA) is 29.5 Å². The molecule has 1 aromatic carbocycles. The summed E-state index contributed by atoms with van der Waals surface area (Å²) in [5, 5.41) is 0. The van der Waals surface area contributed by atoms with Crippen molar-refractivity contribution in [1.29, 1.82) is 0 Å². The molecule has 1 aromatic rings. The zero-order valence-corrected chi connectivity index (χ0v) is 12.8. The van der Waals surface area contributed by atoms with E-state index < -0.39 is 8.69 Å². The van der Waals surface area contributed by atoms with E-state index in [9.17, 15) is 4.20 Å². The molecule has 0 aromatic heterocycles. The fraction of sp³-hybridized carbons (Fsp3) is 0.571. The lowest BCUT2D eigenvalue weighted by atomic mass is 9.80. The minimum absolute atomic E-state index is 0.165. The van der Waals surface area contributed by atoms with E-state index in [1.165, 1.54) is 0 Å². The zero-order valence-electron chi connectivity index (χ0n) is 11.9. The number of rotatable bonds is 2. The summed E-state index contributed by atoms with van der Waals surface area (Å²) in [6.07, 6.45) is 0. The molecule has 1 unspecified atom stereocenters. The number of halogens is 1. The largest absolute Gasteiger partial charge is 0.436 e. The normalized spacial score (nSPS) is 14.4. The molecule has 102 valence electrons. The number of para-hydroxylation sites is 1. The van der Waals surface area contributed by atoms with Gasteiger partial charge in [-0.3, -0.25) is 0 Å². The van der Waals surface area contributed by atoms with E-state index in [1.807, 2.05) is 59.7 Å². The Morgan fingerprint density at radius 2 is 1.39 bits per heavy atom. The first-order chi connectivity index (χ1) is 8.03. The van der Waals surface area contributed by atoms with Crippen LogP contribution >= 0.6 is 8.69 Å². The van der Waals surface area contributed by atoms with Crippen LogP contribution in [0.1, 0.15) is 52.7 Å². The van der Waals surface area contributed by atoms with E-state index in [2.05, 4.69) is 0 Å². The Kier molecular flexibility index (Phi) is 4.40. The molecule has 0 saturated heterocycles. The molecule has 0 aliphatic heterocycles. The highest BCUT2D eigenvalue weighted by Crippen LogP contribution is 2.45. The van der Waals surface area contributed by atoms with E-state index in [4.69, 9.17) is 9.42 Å². The molecule has 0 saturated carbocycles. The van der Waals surface area contributed by atoms with Gasteiger partial charge in [-0.05, 0) is 10.8 Å². The summed E-state index contributed by atoms with van der Waals surface area (Å²) in [6, 6.07) is 5.79. The average Bonchev–Trinajstić information content (AvgIpc) is 2.13. The maximum atomic E-state index is 12.9. The quantitative estimate of drug-likeness (QED) is 0.780. The van der Waals surface area contributed by atoms with Crippen LogP contribution in [-0.2, 0) is 10.8 Å². The second-order valence-corrected chi connectivity index (χ2v) is 7.13. The Balaban J connectivity index is 3.45. The molecule has 0 amide bonds. The van der Waals surface area contributed by atoms with Gasteiger partial charge in [0, 0.05) is 11.1 Å². The van der Waals surface area contributed by atoms with Gasteiger partial charge in [0.25, 0.3) is 0 Å². The van der Waals surface area contributed by atoms with Gasteiger partial charge in [0.2, 0.25) is 0 Å². The monoisotopic (exact) mass is 272 g/mol. The molecule has 0 bridgehead atoms. The lowest BCUT2D eigenvalue weighted by molar-refractivity contribution is 0.413. The molecule has 1 atom stereocenters. The number of hydrogen-bond donors (Lipinski definition) is 1. The van der Waals surface area contributed by atoms with Gasteiger partial charge < -0.3 is 9.42 Å². The molecule has 1 rings (SSSR count). The molecule has 0 aliphatic rings. The Morgan fingerprint density at radius 3 is 1.67 bits per heavy atom. The van der Waals surface area contributed by atoms with E-state index in [1.54, 1.807) is 0 Å². The third-order valence-corrected chi connectivity index (χ3v) is 3.13. The Bertz CT molecular complexity index is 385. The van der Waals surface area contributed by atoms with E-state index in [0.29, 0.717) is 5.75 Å². The summed E-state index contributed by atoms with van der Waals surface area (Å²) >= 11 is 0. The molecule has 1 N–H and O–H groups in total. The molecular weight excluding hydrogens is 250 g/mol. The van der Waals surface area contributed by atoms with Gasteiger partial charge in [0.15, 0.2) is 0 Å². The summed E-state index contributed by atoms with van der Waals surface area (Å²) in [7, 11) is -2.90. The smallest absolute Gasteiger partial charge is 0.423 e. The van der Waals surface area contributed by atoms with Crippen LogP contribution in [0, 0.1) is 0 Å². The fourth-order valence-corrected chi connectivity index (χ4v) is 2.24. The first-order valence-corrected chi connectivity index (χ1v) is 7.10. The van der Waals surface area contributed by atoms with Crippen molar-refractivity contribution in [3.63, 3.8) is 0 Å². The average molecular weight is 272 g/mol. The summed E-state index contributed by atoms with van der Waals surface area (Å²) < 4.78 is 18.0. The van der Waals surface area contributed by atoms with Crippen LogP contribution in [0.15, 0.2) is 18.2 Å². The van der Waals surface area contributed by atoms with Crippen molar-refractivity contribution >= 4 is 8.69 Å². The van der Waals surface area contributed by atoms with Gasteiger partial charge >= 0.3 is 8.69 Å². The van der Waals surface area contributed by atoms with Crippen molar-refractivity contribution in [3.8, 4) is 5.75 Å². The van der Waals surface area contributed by atoms with Crippen LogP contribution in [0.4, 0.5) is 4.20 Å². The van der Waals surface area contributed by atoms with Crippen molar-refractivity contribution in [1.82, 2.24) is 0 Å². The van der Waals surface area contributed by atoms with Gasteiger partial charge in [-0.15, -0.1) is 4.20 Å². The molecular formula is C14H22FO2P. The van der Waals surface area contributed by atoms with E-state index in [-0.39, 0.29) is 10.8 Å². The first kappa shape index (κ1) is 15.4. The Labute approximate surface area is 110 Å². The zero-order chi connectivity index (χ0) is 14.1. The number of hydrogen-bond acceptors (Lipinski definition) is 2.